The molecule has 3 unspecified atom stereocenters. The first-order valence-corrected chi connectivity index (χ1v) is 7.86. The van der Waals surface area contributed by atoms with E-state index in [0.29, 0.717) is 6.04 Å². The summed E-state index contributed by atoms with van der Waals surface area (Å²) in [7, 11) is 0. The van der Waals surface area contributed by atoms with Crippen LogP contribution in [0.15, 0.2) is 11.6 Å². The van der Waals surface area contributed by atoms with Crippen LogP contribution in [0.5, 0.6) is 0 Å². The number of thiazole rings is 1. The molecule has 3 heteroatoms. The minimum atomic E-state index is 0.675. The SMILES string of the molecule is CCCNC(Cc1nccs1)C1CC2CC2C1. The monoisotopic (exact) mass is 250 g/mol. The van der Waals surface area contributed by atoms with Gasteiger partial charge in [0.15, 0.2) is 0 Å². The summed E-state index contributed by atoms with van der Waals surface area (Å²) < 4.78 is 0. The summed E-state index contributed by atoms with van der Waals surface area (Å²) in [5.74, 6) is 3.08. The molecule has 0 saturated heterocycles. The number of rotatable bonds is 6. The lowest BCUT2D eigenvalue weighted by Gasteiger charge is -2.25. The lowest BCUT2D eigenvalue weighted by molar-refractivity contribution is 0.332. The van der Waals surface area contributed by atoms with E-state index in [-0.39, 0.29) is 0 Å². The maximum absolute atomic E-state index is 4.44. The van der Waals surface area contributed by atoms with Crippen molar-refractivity contribution < 1.29 is 0 Å². The van der Waals surface area contributed by atoms with Crippen molar-refractivity contribution in [1.29, 1.82) is 0 Å². The third-order valence-corrected chi connectivity index (χ3v) is 5.19. The van der Waals surface area contributed by atoms with Crippen LogP contribution in [0, 0.1) is 17.8 Å². The van der Waals surface area contributed by atoms with Crippen molar-refractivity contribution in [2.75, 3.05) is 6.54 Å². The Kier molecular flexibility index (Phi) is 3.48. The van der Waals surface area contributed by atoms with Crippen molar-refractivity contribution in [3.63, 3.8) is 0 Å². The zero-order valence-electron chi connectivity index (χ0n) is 10.6. The number of nitrogens with zero attached hydrogens (tertiary/aromatic N) is 1. The molecule has 3 rings (SSSR count). The standard InChI is InChI=1S/C14H22N2S/c1-2-3-15-13(9-14-16-4-5-17-14)12-7-10-6-11(10)8-12/h4-5,10-13,15H,2-3,6-9H2,1H3. The van der Waals surface area contributed by atoms with Crippen molar-refractivity contribution in [2.24, 2.45) is 17.8 Å². The van der Waals surface area contributed by atoms with Gasteiger partial charge in [-0.05, 0) is 50.0 Å². The molecule has 3 atom stereocenters. The number of hydrogen-bond donors (Lipinski definition) is 1. The van der Waals surface area contributed by atoms with Gasteiger partial charge in [-0.1, -0.05) is 6.92 Å². The molecule has 2 aliphatic carbocycles. The van der Waals surface area contributed by atoms with Gasteiger partial charge in [0.1, 0.15) is 0 Å². The van der Waals surface area contributed by atoms with Gasteiger partial charge in [0.05, 0.1) is 5.01 Å². The highest BCUT2D eigenvalue weighted by Gasteiger charge is 2.47. The molecule has 1 aromatic rings. The molecule has 0 amide bonds. The van der Waals surface area contributed by atoms with Gasteiger partial charge in [0.25, 0.3) is 0 Å². The molecule has 2 saturated carbocycles. The number of nitrogens with one attached hydrogen (secondary N) is 1. The first-order valence-electron chi connectivity index (χ1n) is 6.98. The summed E-state index contributed by atoms with van der Waals surface area (Å²) in [4.78, 5) is 4.44. The largest absolute Gasteiger partial charge is 0.313 e. The lowest BCUT2D eigenvalue weighted by atomic mass is 9.92. The quantitative estimate of drug-likeness (QED) is 0.839. The highest BCUT2D eigenvalue weighted by Crippen LogP contribution is 2.55. The van der Waals surface area contributed by atoms with Crippen molar-refractivity contribution in [1.82, 2.24) is 10.3 Å². The molecule has 2 aliphatic rings. The van der Waals surface area contributed by atoms with Crippen LogP contribution in [0.25, 0.3) is 0 Å². The minimum Gasteiger partial charge on any atom is -0.313 e. The average molecular weight is 250 g/mol. The van der Waals surface area contributed by atoms with E-state index < -0.39 is 0 Å². The van der Waals surface area contributed by atoms with Crippen molar-refractivity contribution in [2.45, 2.75) is 45.1 Å². The summed E-state index contributed by atoms with van der Waals surface area (Å²) in [5, 5.41) is 7.16. The number of aromatic nitrogens is 1. The van der Waals surface area contributed by atoms with E-state index in [1.807, 2.05) is 6.20 Å². The van der Waals surface area contributed by atoms with Crippen LogP contribution in [-0.2, 0) is 6.42 Å². The Morgan fingerprint density at radius 1 is 1.41 bits per heavy atom. The molecule has 0 radical (unpaired) electrons. The zero-order valence-corrected chi connectivity index (χ0v) is 11.4. The smallest absolute Gasteiger partial charge is 0.0940 e. The molecular weight excluding hydrogens is 228 g/mol. The Morgan fingerprint density at radius 3 is 2.88 bits per heavy atom. The Labute approximate surface area is 108 Å². The molecule has 1 N–H and O–H groups in total. The van der Waals surface area contributed by atoms with Crippen molar-refractivity contribution >= 4 is 11.3 Å². The van der Waals surface area contributed by atoms with Gasteiger partial charge in [-0.15, -0.1) is 11.3 Å². The third-order valence-electron chi connectivity index (χ3n) is 4.38. The number of hydrogen-bond acceptors (Lipinski definition) is 3. The molecule has 94 valence electrons. The van der Waals surface area contributed by atoms with Crippen molar-refractivity contribution in [3.05, 3.63) is 16.6 Å². The van der Waals surface area contributed by atoms with Gasteiger partial charge < -0.3 is 5.32 Å². The summed E-state index contributed by atoms with van der Waals surface area (Å²) >= 11 is 1.80. The average Bonchev–Trinajstić information content (AvgIpc) is 2.80. The maximum atomic E-state index is 4.44. The topological polar surface area (TPSA) is 24.9 Å². The van der Waals surface area contributed by atoms with Crippen LogP contribution in [0.1, 0.15) is 37.6 Å². The molecule has 17 heavy (non-hydrogen) atoms. The second kappa shape index (κ2) is 5.07. The fourth-order valence-corrected chi connectivity index (χ4v) is 4.04. The van der Waals surface area contributed by atoms with E-state index in [1.54, 1.807) is 11.3 Å². The van der Waals surface area contributed by atoms with Gasteiger partial charge in [-0.3, -0.25) is 0 Å². The zero-order chi connectivity index (χ0) is 11.7. The molecule has 1 heterocycles. The molecule has 0 bridgehead atoms. The van der Waals surface area contributed by atoms with Crippen LogP contribution in [0.3, 0.4) is 0 Å². The Bertz CT molecular complexity index is 339. The van der Waals surface area contributed by atoms with Crippen molar-refractivity contribution in [3.8, 4) is 0 Å². The third kappa shape index (κ3) is 2.71. The molecule has 1 aromatic heterocycles. The van der Waals surface area contributed by atoms with E-state index in [0.717, 1.165) is 30.7 Å². The fourth-order valence-electron chi connectivity index (χ4n) is 3.37. The predicted octanol–water partition coefficient (Wildman–Crippen LogP) is 3.10. The van der Waals surface area contributed by atoms with E-state index in [2.05, 4.69) is 22.6 Å². The van der Waals surface area contributed by atoms with E-state index in [9.17, 15) is 0 Å². The minimum absolute atomic E-state index is 0.675. The number of fused-ring (bicyclic) bond motifs is 1. The predicted molar refractivity (Wildman–Crippen MR) is 72.2 cm³/mol. The van der Waals surface area contributed by atoms with Crippen LogP contribution in [0.4, 0.5) is 0 Å². The molecule has 0 spiro atoms. The highest BCUT2D eigenvalue weighted by atomic mass is 32.1. The summed E-state index contributed by atoms with van der Waals surface area (Å²) in [5.41, 5.74) is 0. The van der Waals surface area contributed by atoms with Gasteiger partial charge in [0, 0.05) is 24.0 Å². The van der Waals surface area contributed by atoms with Gasteiger partial charge in [-0.25, -0.2) is 4.98 Å². The van der Waals surface area contributed by atoms with Crippen LogP contribution >= 0.6 is 11.3 Å². The Balaban J connectivity index is 1.59. The summed E-state index contributed by atoms with van der Waals surface area (Å²) in [6.07, 6.45) is 8.77. The lowest BCUT2D eigenvalue weighted by Crippen LogP contribution is -2.38. The first-order chi connectivity index (χ1) is 8.36. The fraction of sp³-hybridized carbons (Fsp3) is 0.786. The Morgan fingerprint density at radius 2 is 2.24 bits per heavy atom. The molecule has 2 fully saturated rings. The van der Waals surface area contributed by atoms with E-state index >= 15 is 0 Å². The molecule has 0 aromatic carbocycles. The van der Waals surface area contributed by atoms with Gasteiger partial charge in [-0.2, -0.15) is 0 Å². The van der Waals surface area contributed by atoms with Crippen LogP contribution < -0.4 is 5.32 Å². The van der Waals surface area contributed by atoms with E-state index in [4.69, 9.17) is 0 Å². The molecule has 2 nitrogen and oxygen atoms in total. The second-order valence-corrected chi connectivity index (χ2v) is 6.66. The molecule has 0 aliphatic heterocycles. The first kappa shape index (κ1) is 11.7. The summed E-state index contributed by atoms with van der Waals surface area (Å²) in [6.45, 7) is 3.40. The Hall–Kier alpha value is -0.410. The summed E-state index contributed by atoms with van der Waals surface area (Å²) in [6, 6.07) is 0.675. The van der Waals surface area contributed by atoms with E-state index in [1.165, 1.54) is 30.7 Å². The normalized spacial score (nSPS) is 32.4. The van der Waals surface area contributed by atoms with Gasteiger partial charge in [0.2, 0.25) is 0 Å². The van der Waals surface area contributed by atoms with Crippen LogP contribution in [0.2, 0.25) is 0 Å². The highest BCUT2D eigenvalue weighted by molar-refractivity contribution is 7.09. The second-order valence-electron chi connectivity index (χ2n) is 5.68. The van der Waals surface area contributed by atoms with Crippen LogP contribution in [-0.4, -0.2) is 17.6 Å². The van der Waals surface area contributed by atoms with Gasteiger partial charge >= 0.3 is 0 Å². The molecular formula is C14H22N2S. The maximum Gasteiger partial charge on any atom is 0.0940 e.